The zero-order valence-corrected chi connectivity index (χ0v) is 7.73. The van der Waals surface area contributed by atoms with Crippen LogP contribution < -0.4 is 0 Å². The first-order chi connectivity index (χ1) is 4.16. The van der Waals surface area contributed by atoms with Crippen molar-refractivity contribution in [3.8, 4) is 0 Å². The number of ether oxygens (including phenoxy) is 1. The molecule has 2 heteroatoms. The van der Waals surface area contributed by atoms with Gasteiger partial charge in [0.05, 0.1) is 12.7 Å². The lowest BCUT2D eigenvalue weighted by molar-refractivity contribution is 0.0975. The van der Waals surface area contributed by atoms with Gasteiger partial charge in [0, 0.05) is 0 Å². The monoisotopic (exact) mass is 192 g/mol. The normalized spacial score (nSPS) is 12.8. The Morgan fingerprint density at radius 2 is 2.22 bits per heavy atom. The molecule has 54 valence electrons. The van der Waals surface area contributed by atoms with Crippen LogP contribution in [0.5, 0.6) is 0 Å². The maximum absolute atomic E-state index is 5.30. The number of halogens is 1. The van der Waals surface area contributed by atoms with Gasteiger partial charge in [-0.2, -0.15) is 0 Å². The Bertz CT molecular complexity index is 97.1. The van der Waals surface area contributed by atoms with Gasteiger partial charge in [0.25, 0.3) is 0 Å². The molecular formula is C7H13BrO. The van der Waals surface area contributed by atoms with Gasteiger partial charge in [-0.1, -0.05) is 15.9 Å². The molecular weight excluding hydrogens is 180 g/mol. The third-order valence-electron chi connectivity index (χ3n) is 0.831. The van der Waals surface area contributed by atoms with Gasteiger partial charge in [-0.05, 0) is 31.3 Å². The molecule has 0 aromatic carbocycles. The second kappa shape index (κ2) is 5.00. The van der Waals surface area contributed by atoms with Gasteiger partial charge in [0.15, 0.2) is 0 Å². The van der Waals surface area contributed by atoms with Gasteiger partial charge in [-0.25, -0.2) is 0 Å². The van der Waals surface area contributed by atoms with Gasteiger partial charge < -0.3 is 4.74 Å². The lowest BCUT2D eigenvalue weighted by Gasteiger charge is -2.05. The molecule has 0 unspecified atom stereocenters. The molecule has 0 N–H and O–H groups in total. The predicted molar refractivity (Wildman–Crippen MR) is 43.8 cm³/mol. The summed E-state index contributed by atoms with van der Waals surface area (Å²) in [6.45, 7) is 6.81. The van der Waals surface area contributed by atoms with E-state index < -0.39 is 0 Å². The van der Waals surface area contributed by atoms with Crippen molar-refractivity contribution >= 4 is 15.9 Å². The average molecular weight is 193 g/mol. The minimum Gasteiger partial charge on any atom is -0.374 e. The Balaban J connectivity index is 3.28. The molecule has 0 saturated heterocycles. The van der Waals surface area contributed by atoms with Crippen molar-refractivity contribution < 1.29 is 4.74 Å². The maximum Gasteiger partial charge on any atom is 0.0685 e. The van der Waals surface area contributed by atoms with Crippen LogP contribution in [0.15, 0.2) is 10.6 Å². The SMILES string of the molecule is C/C(=C\Br)COC(C)C. The molecule has 0 spiro atoms. The fraction of sp³-hybridized carbons (Fsp3) is 0.714. The van der Waals surface area contributed by atoms with E-state index in [0.717, 1.165) is 6.61 Å². The molecule has 0 amide bonds. The summed E-state index contributed by atoms with van der Waals surface area (Å²) in [4.78, 5) is 1.88. The Morgan fingerprint density at radius 1 is 1.67 bits per heavy atom. The van der Waals surface area contributed by atoms with E-state index in [-0.39, 0.29) is 0 Å². The van der Waals surface area contributed by atoms with E-state index in [4.69, 9.17) is 4.74 Å². The summed E-state index contributed by atoms with van der Waals surface area (Å²) in [5, 5.41) is 0. The van der Waals surface area contributed by atoms with Crippen LogP contribution in [0.2, 0.25) is 0 Å². The Kier molecular flexibility index (Phi) is 5.10. The highest BCUT2D eigenvalue weighted by Crippen LogP contribution is 1.99. The highest BCUT2D eigenvalue weighted by Gasteiger charge is 1.92. The van der Waals surface area contributed by atoms with E-state index in [1.807, 2.05) is 25.8 Å². The first-order valence-electron chi connectivity index (χ1n) is 3.04. The number of rotatable bonds is 3. The second-order valence-electron chi connectivity index (χ2n) is 2.32. The maximum atomic E-state index is 5.30. The van der Waals surface area contributed by atoms with Crippen molar-refractivity contribution in [2.75, 3.05) is 6.61 Å². The van der Waals surface area contributed by atoms with E-state index >= 15 is 0 Å². The molecule has 0 aliphatic heterocycles. The Morgan fingerprint density at radius 3 is 2.56 bits per heavy atom. The van der Waals surface area contributed by atoms with Crippen LogP contribution in [-0.4, -0.2) is 12.7 Å². The van der Waals surface area contributed by atoms with Gasteiger partial charge in [-0.3, -0.25) is 0 Å². The average Bonchev–Trinajstić information content (AvgIpc) is 1.83. The molecule has 1 nitrogen and oxygen atoms in total. The van der Waals surface area contributed by atoms with E-state index in [1.54, 1.807) is 0 Å². The van der Waals surface area contributed by atoms with E-state index in [2.05, 4.69) is 15.9 Å². The quantitative estimate of drug-likeness (QED) is 0.669. The molecule has 0 rings (SSSR count). The summed E-state index contributed by atoms with van der Waals surface area (Å²) in [5.74, 6) is 0. The zero-order chi connectivity index (χ0) is 7.28. The first kappa shape index (κ1) is 9.18. The smallest absolute Gasteiger partial charge is 0.0685 e. The van der Waals surface area contributed by atoms with Gasteiger partial charge >= 0.3 is 0 Å². The van der Waals surface area contributed by atoms with Crippen LogP contribution in [0.4, 0.5) is 0 Å². The van der Waals surface area contributed by atoms with Crippen molar-refractivity contribution in [3.63, 3.8) is 0 Å². The highest BCUT2D eigenvalue weighted by atomic mass is 79.9. The number of hydrogen-bond acceptors (Lipinski definition) is 1. The zero-order valence-electron chi connectivity index (χ0n) is 6.15. The molecule has 0 atom stereocenters. The van der Waals surface area contributed by atoms with E-state index in [0.29, 0.717) is 6.10 Å². The molecule has 0 fully saturated rings. The van der Waals surface area contributed by atoms with Gasteiger partial charge in [0.2, 0.25) is 0 Å². The Hall–Kier alpha value is 0.180. The highest BCUT2D eigenvalue weighted by molar-refractivity contribution is 9.11. The molecule has 0 aliphatic rings. The van der Waals surface area contributed by atoms with Crippen LogP contribution in [0, 0.1) is 0 Å². The third-order valence-corrected chi connectivity index (χ3v) is 1.61. The lowest BCUT2D eigenvalue weighted by atomic mass is 10.4. The van der Waals surface area contributed by atoms with Crippen LogP contribution in [0.1, 0.15) is 20.8 Å². The van der Waals surface area contributed by atoms with Crippen LogP contribution in [0.3, 0.4) is 0 Å². The molecule has 0 heterocycles. The van der Waals surface area contributed by atoms with Crippen molar-refractivity contribution in [1.29, 1.82) is 0 Å². The predicted octanol–water partition coefficient (Wildman–Crippen LogP) is 2.71. The van der Waals surface area contributed by atoms with Crippen molar-refractivity contribution in [3.05, 3.63) is 10.6 Å². The largest absolute Gasteiger partial charge is 0.374 e. The topological polar surface area (TPSA) is 9.23 Å². The van der Waals surface area contributed by atoms with Crippen LogP contribution in [-0.2, 0) is 4.74 Å². The molecule has 0 aliphatic carbocycles. The minimum atomic E-state index is 0.326. The minimum absolute atomic E-state index is 0.326. The van der Waals surface area contributed by atoms with Crippen molar-refractivity contribution in [2.45, 2.75) is 26.9 Å². The summed E-state index contributed by atoms with van der Waals surface area (Å²) >= 11 is 3.22. The molecule has 0 aromatic rings. The molecule has 0 saturated carbocycles. The third kappa shape index (κ3) is 6.06. The van der Waals surface area contributed by atoms with Gasteiger partial charge in [-0.15, -0.1) is 0 Å². The van der Waals surface area contributed by atoms with E-state index in [1.165, 1.54) is 5.57 Å². The van der Waals surface area contributed by atoms with Crippen LogP contribution >= 0.6 is 15.9 Å². The fourth-order valence-electron chi connectivity index (χ4n) is 0.330. The molecule has 9 heavy (non-hydrogen) atoms. The van der Waals surface area contributed by atoms with Crippen LogP contribution in [0.25, 0.3) is 0 Å². The van der Waals surface area contributed by atoms with E-state index in [9.17, 15) is 0 Å². The first-order valence-corrected chi connectivity index (χ1v) is 3.96. The summed E-state index contributed by atoms with van der Waals surface area (Å²) in [6, 6.07) is 0. The summed E-state index contributed by atoms with van der Waals surface area (Å²) in [7, 11) is 0. The standard InChI is InChI=1S/C7H13BrO/c1-6(2)9-5-7(3)4-8/h4,6H,5H2,1-3H3/b7-4+. The Labute approximate surface area is 65.2 Å². The lowest BCUT2D eigenvalue weighted by Crippen LogP contribution is -2.03. The number of hydrogen-bond donors (Lipinski definition) is 0. The van der Waals surface area contributed by atoms with Gasteiger partial charge in [0.1, 0.15) is 0 Å². The van der Waals surface area contributed by atoms with Crippen molar-refractivity contribution in [1.82, 2.24) is 0 Å². The fourth-order valence-corrected chi connectivity index (χ4v) is 0.462. The molecule has 0 aromatic heterocycles. The summed E-state index contributed by atoms with van der Waals surface area (Å²) in [5.41, 5.74) is 1.21. The molecule has 0 bridgehead atoms. The summed E-state index contributed by atoms with van der Waals surface area (Å²) in [6.07, 6.45) is 0.326. The second-order valence-corrected chi connectivity index (χ2v) is 2.77. The summed E-state index contributed by atoms with van der Waals surface area (Å²) < 4.78 is 5.30. The van der Waals surface area contributed by atoms with Crippen molar-refractivity contribution in [2.24, 2.45) is 0 Å². The molecule has 0 radical (unpaired) electrons.